The predicted molar refractivity (Wildman–Crippen MR) is 118 cm³/mol. The van der Waals surface area contributed by atoms with Gasteiger partial charge in [-0.3, -0.25) is 9.78 Å². The third-order valence-corrected chi connectivity index (χ3v) is 5.48. The number of methoxy groups -OCH3 is 1. The van der Waals surface area contributed by atoms with Crippen LogP contribution in [0.25, 0.3) is 15.7 Å². The second-order valence-corrected chi connectivity index (χ2v) is 7.42. The quantitative estimate of drug-likeness (QED) is 0.603. The average molecular weight is 423 g/mol. The number of halogens is 1. The summed E-state index contributed by atoms with van der Waals surface area (Å²) in [4.78, 5) is 22.0. The van der Waals surface area contributed by atoms with Crippen molar-refractivity contribution in [3.8, 4) is 5.75 Å². The fourth-order valence-electron chi connectivity index (χ4n) is 3.59. The molecule has 2 heterocycles. The standard InChI is InChI=1S/C23H21ClN4O2/c1-14(29)28-9-8-21-18(13-28)23(17-11-16(25-2)5-6-20(17)27-21)26-12-15-4-7-22(30-3)19(24)10-15/h4-7,10-11H,8-9,12-13H2,1,3H3,(H,26,27)/i12D2. The molecule has 0 spiro atoms. The van der Waals surface area contributed by atoms with Gasteiger partial charge >= 0.3 is 0 Å². The first-order valence-electron chi connectivity index (χ1n) is 10.4. The van der Waals surface area contributed by atoms with Gasteiger partial charge in [0.05, 0.1) is 27.0 Å². The fraction of sp³-hybridized carbons (Fsp3) is 0.261. The van der Waals surface area contributed by atoms with Gasteiger partial charge in [0, 0.05) is 55.3 Å². The molecule has 7 heteroatoms. The van der Waals surface area contributed by atoms with E-state index in [0.717, 1.165) is 11.3 Å². The molecular formula is C23H21ClN4O2. The van der Waals surface area contributed by atoms with Crippen molar-refractivity contribution in [2.24, 2.45) is 0 Å². The Morgan fingerprint density at radius 2 is 2.23 bits per heavy atom. The molecule has 0 bridgehead atoms. The number of amides is 1. The summed E-state index contributed by atoms with van der Waals surface area (Å²) in [6.45, 7) is 7.77. The summed E-state index contributed by atoms with van der Waals surface area (Å²) < 4.78 is 22.7. The largest absolute Gasteiger partial charge is 0.495 e. The molecule has 0 aliphatic carbocycles. The number of benzene rings is 2. The third-order valence-electron chi connectivity index (χ3n) is 5.18. The molecule has 2 aromatic carbocycles. The van der Waals surface area contributed by atoms with E-state index < -0.39 is 6.50 Å². The number of nitrogens with one attached hydrogen (secondary N) is 1. The zero-order valence-corrected chi connectivity index (χ0v) is 17.4. The highest BCUT2D eigenvalue weighted by atomic mass is 35.5. The van der Waals surface area contributed by atoms with E-state index in [1.165, 1.54) is 20.1 Å². The molecule has 0 saturated heterocycles. The molecular weight excluding hydrogens is 400 g/mol. The van der Waals surface area contributed by atoms with E-state index in [0.29, 0.717) is 58.1 Å². The molecule has 1 aromatic heterocycles. The number of carbonyl (C=O) groups excluding carboxylic acids is 1. The molecule has 1 aliphatic rings. The summed E-state index contributed by atoms with van der Waals surface area (Å²) >= 11 is 6.24. The second kappa shape index (κ2) is 8.21. The maximum Gasteiger partial charge on any atom is 0.219 e. The maximum atomic E-state index is 12.0. The summed E-state index contributed by atoms with van der Waals surface area (Å²) in [6, 6.07) is 9.91. The van der Waals surface area contributed by atoms with Crippen molar-refractivity contribution in [2.45, 2.75) is 26.4 Å². The summed E-state index contributed by atoms with van der Waals surface area (Å²) in [6.07, 6.45) is 0.571. The van der Waals surface area contributed by atoms with Crippen LogP contribution in [0.3, 0.4) is 0 Å². The van der Waals surface area contributed by atoms with E-state index in [4.69, 9.17) is 30.6 Å². The zero-order chi connectivity index (χ0) is 23.0. The maximum absolute atomic E-state index is 12.0. The molecule has 1 aliphatic heterocycles. The van der Waals surface area contributed by atoms with E-state index in [-0.39, 0.29) is 5.91 Å². The molecule has 30 heavy (non-hydrogen) atoms. The van der Waals surface area contributed by atoms with Crippen molar-refractivity contribution >= 4 is 39.8 Å². The van der Waals surface area contributed by atoms with Crippen molar-refractivity contribution in [3.05, 3.63) is 69.7 Å². The molecule has 4 rings (SSSR count). The van der Waals surface area contributed by atoms with E-state index >= 15 is 0 Å². The molecule has 0 saturated carbocycles. The van der Waals surface area contributed by atoms with Crippen LogP contribution in [-0.4, -0.2) is 29.4 Å². The summed E-state index contributed by atoms with van der Waals surface area (Å²) in [5, 5.41) is 3.97. The lowest BCUT2D eigenvalue weighted by atomic mass is 9.99. The molecule has 0 atom stereocenters. The fourth-order valence-corrected chi connectivity index (χ4v) is 3.85. The highest BCUT2D eigenvalue weighted by Crippen LogP contribution is 2.35. The van der Waals surface area contributed by atoms with E-state index in [2.05, 4.69) is 10.2 Å². The summed E-state index contributed by atoms with van der Waals surface area (Å²) in [7, 11) is 1.50. The highest BCUT2D eigenvalue weighted by molar-refractivity contribution is 6.32. The normalized spacial score (nSPS) is 14.4. The Labute approximate surface area is 183 Å². The van der Waals surface area contributed by atoms with E-state index in [1.54, 1.807) is 35.2 Å². The van der Waals surface area contributed by atoms with Gasteiger partial charge in [-0.2, -0.15) is 0 Å². The molecule has 0 radical (unpaired) electrons. The third kappa shape index (κ3) is 3.77. The van der Waals surface area contributed by atoms with Crippen LogP contribution >= 0.6 is 11.6 Å². The van der Waals surface area contributed by atoms with Gasteiger partial charge in [-0.15, -0.1) is 0 Å². The number of ether oxygens (including phenoxy) is 1. The van der Waals surface area contributed by atoms with Crippen LogP contribution in [0.15, 0.2) is 36.4 Å². The topological polar surface area (TPSA) is 58.8 Å². The van der Waals surface area contributed by atoms with Crippen molar-refractivity contribution in [2.75, 3.05) is 19.0 Å². The number of rotatable bonds is 4. The average Bonchev–Trinajstić information content (AvgIpc) is 2.78. The van der Waals surface area contributed by atoms with Crippen LogP contribution in [-0.2, 0) is 24.3 Å². The number of anilines is 1. The molecule has 0 unspecified atom stereocenters. The SMILES string of the molecule is [2H]C([2H])(Nc1c2c(nc3ccc([N+]#[C-])cc13)CCN(C(C)=O)C2)c1ccc(OC)c(Cl)c1. The Bertz CT molecular complexity index is 1270. The van der Waals surface area contributed by atoms with Crippen molar-refractivity contribution in [3.63, 3.8) is 0 Å². The number of hydrogen-bond donors (Lipinski definition) is 1. The molecule has 1 N–H and O–H groups in total. The Morgan fingerprint density at radius 3 is 2.93 bits per heavy atom. The van der Waals surface area contributed by atoms with Crippen molar-refractivity contribution in [1.29, 1.82) is 0 Å². The highest BCUT2D eigenvalue weighted by Gasteiger charge is 2.24. The Kier molecular flexibility index (Phi) is 4.80. The van der Waals surface area contributed by atoms with Gasteiger partial charge in [-0.25, -0.2) is 4.85 Å². The monoisotopic (exact) mass is 422 g/mol. The lowest BCUT2D eigenvalue weighted by molar-refractivity contribution is -0.129. The predicted octanol–water partition coefficient (Wildman–Crippen LogP) is 4.96. The van der Waals surface area contributed by atoms with Gasteiger partial charge in [0.25, 0.3) is 0 Å². The summed E-state index contributed by atoms with van der Waals surface area (Å²) in [5.74, 6) is 0.401. The van der Waals surface area contributed by atoms with Crippen LogP contribution in [0.1, 0.15) is 26.5 Å². The van der Waals surface area contributed by atoms with Gasteiger partial charge in [0.1, 0.15) is 5.75 Å². The van der Waals surface area contributed by atoms with Crippen LogP contribution in [0.4, 0.5) is 11.4 Å². The summed E-state index contributed by atoms with van der Waals surface area (Å²) in [5.41, 5.74) is 3.51. The van der Waals surface area contributed by atoms with Gasteiger partial charge in [-0.1, -0.05) is 23.7 Å². The number of nitrogens with zero attached hydrogens (tertiary/aromatic N) is 3. The van der Waals surface area contributed by atoms with Crippen LogP contribution in [0.2, 0.25) is 5.02 Å². The lowest BCUT2D eigenvalue weighted by Gasteiger charge is -2.30. The zero-order valence-electron chi connectivity index (χ0n) is 18.6. The van der Waals surface area contributed by atoms with Gasteiger partial charge < -0.3 is 15.0 Å². The van der Waals surface area contributed by atoms with Gasteiger partial charge in [-0.05, 0) is 29.8 Å². The van der Waals surface area contributed by atoms with Crippen LogP contribution in [0, 0.1) is 6.57 Å². The van der Waals surface area contributed by atoms with Crippen LogP contribution in [0.5, 0.6) is 5.75 Å². The smallest absolute Gasteiger partial charge is 0.219 e. The van der Waals surface area contributed by atoms with Gasteiger partial charge in [0.15, 0.2) is 5.69 Å². The molecule has 152 valence electrons. The minimum Gasteiger partial charge on any atom is -0.495 e. The van der Waals surface area contributed by atoms with E-state index in [1.807, 2.05) is 0 Å². The van der Waals surface area contributed by atoms with Gasteiger partial charge in [0.2, 0.25) is 5.91 Å². The number of aromatic nitrogens is 1. The Morgan fingerprint density at radius 1 is 1.40 bits per heavy atom. The number of pyridine rings is 1. The lowest BCUT2D eigenvalue weighted by Crippen LogP contribution is -2.35. The first-order valence-corrected chi connectivity index (χ1v) is 9.82. The minimum absolute atomic E-state index is 0.0541. The second-order valence-electron chi connectivity index (χ2n) is 7.02. The first kappa shape index (κ1) is 17.5. The van der Waals surface area contributed by atoms with Crippen molar-refractivity contribution in [1.82, 2.24) is 9.88 Å². The van der Waals surface area contributed by atoms with Crippen molar-refractivity contribution < 1.29 is 12.3 Å². The molecule has 3 aromatic rings. The number of fused-ring (bicyclic) bond motifs is 2. The molecule has 0 fully saturated rings. The number of carbonyl (C=O) groups is 1. The Hall–Kier alpha value is -3.30. The first-order chi connectivity index (χ1) is 15.2. The van der Waals surface area contributed by atoms with Crippen LogP contribution < -0.4 is 10.1 Å². The molecule has 6 nitrogen and oxygen atoms in total. The Balaban J connectivity index is 1.87. The number of hydrogen-bond acceptors (Lipinski definition) is 4. The minimum atomic E-state index is -2.00. The van der Waals surface area contributed by atoms with E-state index in [9.17, 15) is 4.79 Å². The molecule has 1 amide bonds.